The molecule has 0 amide bonds. The fourth-order valence-electron chi connectivity index (χ4n) is 2.15. The predicted molar refractivity (Wildman–Crippen MR) is 72.7 cm³/mol. The van der Waals surface area contributed by atoms with Crippen molar-refractivity contribution in [3.63, 3.8) is 0 Å². The Morgan fingerprint density at radius 1 is 0.778 bits per heavy atom. The van der Waals surface area contributed by atoms with Gasteiger partial charge in [-0.15, -0.1) is 0 Å². The van der Waals surface area contributed by atoms with Gasteiger partial charge in [0.2, 0.25) is 0 Å². The van der Waals surface area contributed by atoms with Gasteiger partial charge in [0, 0.05) is 0 Å². The Morgan fingerprint density at radius 3 is 1.67 bits per heavy atom. The zero-order chi connectivity index (χ0) is 13.6. The average molecular weight is 261 g/mol. The van der Waals surface area contributed by atoms with E-state index in [2.05, 4.69) is 6.92 Å². The molecule has 0 radical (unpaired) electrons. The molecule has 0 aliphatic rings. The second-order valence-corrected chi connectivity index (χ2v) is 5.18. The molecule has 0 rings (SSSR count). The molecular formula is C14H31NO3. The Hall–Kier alpha value is -0.160. The molecule has 110 valence electrons. The van der Waals surface area contributed by atoms with Gasteiger partial charge in [0.25, 0.3) is 0 Å². The predicted octanol–water partition coefficient (Wildman–Crippen LogP) is 3.74. The van der Waals surface area contributed by atoms with Crippen molar-refractivity contribution in [2.75, 3.05) is 6.54 Å². The molecule has 4 heteroatoms. The SMILES string of the molecule is CCCCCCCCCCCCC(O)CN(O)O. The van der Waals surface area contributed by atoms with Gasteiger partial charge in [-0.2, -0.15) is 0 Å². The maximum Gasteiger partial charge on any atom is 0.0772 e. The van der Waals surface area contributed by atoms with Crippen LogP contribution >= 0.6 is 0 Å². The molecular weight excluding hydrogens is 230 g/mol. The Morgan fingerprint density at radius 2 is 1.22 bits per heavy atom. The van der Waals surface area contributed by atoms with Crippen molar-refractivity contribution in [3.05, 3.63) is 0 Å². The van der Waals surface area contributed by atoms with Crippen LogP contribution < -0.4 is 0 Å². The summed E-state index contributed by atoms with van der Waals surface area (Å²) >= 11 is 0. The highest BCUT2D eigenvalue weighted by Gasteiger charge is 2.06. The first-order valence-corrected chi connectivity index (χ1v) is 7.50. The quantitative estimate of drug-likeness (QED) is 0.349. The first-order valence-electron chi connectivity index (χ1n) is 7.50. The number of hydrogen-bond donors (Lipinski definition) is 3. The molecule has 3 N–H and O–H groups in total. The van der Waals surface area contributed by atoms with Crippen LogP contribution in [0.1, 0.15) is 77.6 Å². The normalized spacial score (nSPS) is 13.2. The highest BCUT2D eigenvalue weighted by atomic mass is 16.8. The van der Waals surface area contributed by atoms with E-state index < -0.39 is 6.10 Å². The Kier molecular flexibility index (Phi) is 13.2. The summed E-state index contributed by atoms with van der Waals surface area (Å²) in [6, 6.07) is 0. The van der Waals surface area contributed by atoms with Crippen molar-refractivity contribution < 1.29 is 15.5 Å². The van der Waals surface area contributed by atoms with Gasteiger partial charge in [-0.25, -0.2) is 0 Å². The van der Waals surface area contributed by atoms with Crippen molar-refractivity contribution in [2.45, 2.75) is 83.7 Å². The van der Waals surface area contributed by atoms with Gasteiger partial charge in [0.05, 0.1) is 12.6 Å². The van der Waals surface area contributed by atoms with E-state index in [0.717, 1.165) is 12.8 Å². The second-order valence-electron chi connectivity index (χ2n) is 5.18. The maximum absolute atomic E-state index is 9.38. The van der Waals surface area contributed by atoms with Crippen LogP contribution in [0.3, 0.4) is 0 Å². The van der Waals surface area contributed by atoms with E-state index in [-0.39, 0.29) is 11.8 Å². The molecule has 0 aromatic carbocycles. The van der Waals surface area contributed by atoms with Crippen molar-refractivity contribution >= 4 is 0 Å². The summed E-state index contributed by atoms with van der Waals surface area (Å²) < 4.78 is 0. The van der Waals surface area contributed by atoms with Crippen molar-refractivity contribution in [1.29, 1.82) is 0 Å². The molecule has 18 heavy (non-hydrogen) atoms. The largest absolute Gasteiger partial charge is 0.392 e. The summed E-state index contributed by atoms with van der Waals surface area (Å²) in [4.78, 5) is 0. The number of nitrogens with zero attached hydrogens (tertiary/aromatic N) is 1. The molecule has 0 saturated heterocycles. The van der Waals surface area contributed by atoms with E-state index in [1.807, 2.05) is 0 Å². The van der Waals surface area contributed by atoms with E-state index in [1.165, 1.54) is 51.4 Å². The van der Waals surface area contributed by atoms with Crippen LogP contribution in [0.25, 0.3) is 0 Å². The van der Waals surface area contributed by atoms with Crippen LogP contribution in [0.5, 0.6) is 0 Å². The monoisotopic (exact) mass is 261 g/mol. The molecule has 0 spiro atoms. The van der Waals surface area contributed by atoms with E-state index >= 15 is 0 Å². The average Bonchev–Trinajstić information content (AvgIpc) is 2.30. The van der Waals surface area contributed by atoms with Crippen molar-refractivity contribution in [1.82, 2.24) is 5.23 Å². The Labute approximate surface area is 112 Å². The lowest BCUT2D eigenvalue weighted by Crippen LogP contribution is -2.26. The van der Waals surface area contributed by atoms with Gasteiger partial charge in [-0.05, 0) is 6.42 Å². The molecule has 0 heterocycles. The molecule has 0 aromatic heterocycles. The number of hydroxylamine groups is 2. The first kappa shape index (κ1) is 17.8. The molecule has 0 aliphatic heterocycles. The third kappa shape index (κ3) is 13.9. The molecule has 0 fully saturated rings. The van der Waals surface area contributed by atoms with Crippen LogP contribution in [0.2, 0.25) is 0 Å². The summed E-state index contributed by atoms with van der Waals surface area (Å²) in [6.07, 6.45) is 12.7. The molecule has 0 aliphatic carbocycles. The van der Waals surface area contributed by atoms with E-state index in [1.54, 1.807) is 0 Å². The molecule has 1 atom stereocenters. The maximum atomic E-state index is 9.38. The van der Waals surface area contributed by atoms with Crippen LogP contribution in [0.4, 0.5) is 0 Å². The summed E-state index contributed by atoms with van der Waals surface area (Å²) in [6.45, 7) is 2.15. The summed E-state index contributed by atoms with van der Waals surface area (Å²) in [5.41, 5.74) is 0. The zero-order valence-corrected chi connectivity index (χ0v) is 11.9. The lowest BCUT2D eigenvalue weighted by molar-refractivity contribution is -0.315. The van der Waals surface area contributed by atoms with Gasteiger partial charge in [0.15, 0.2) is 0 Å². The fourth-order valence-corrected chi connectivity index (χ4v) is 2.15. The van der Waals surface area contributed by atoms with Gasteiger partial charge in [0.1, 0.15) is 0 Å². The highest BCUT2D eigenvalue weighted by Crippen LogP contribution is 2.12. The minimum atomic E-state index is -0.631. The lowest BCUT2D eigenvalue weighted by atomic mass is 10.0. The Bertz CT molecular complexity index is 165. The van der Waals surface area contributed by atoms with E-state index in [0.29, 0.717) is 6.42 Å². The molecule has 0 saturated carbocycles. The standard InChI is InChI=1S/C14H31NO3/c1-2-3-4-5-6-7-8-9-10-11-12-14(16)13-15(17)18/h14,16-18H,2-13H2,1H3. The smallest absolute Gasteiger partial charge is 0.0772 e. The fraction of sp³-hybridized carbons (Fsp3) is 1.00. The summed E-state index contributed by atoms with van der Waals surface area (Å²) in [7, 11) is 0. The topological polar surface area (TPSA) is 63.9 Å². The zero-order valence-electron chi connectivity index (χ0n) is 11.9. The summed E-state index contributed by atoms with van der Waals surface area (Å²) in [5, 5.41) is 26.5. The van der Waals surface area contributed by atoms with Gasteiger partial charge < -0.3 is 5.11 Å². The number of aliphatic hydroxyl groups is 1. The third-order valence-electron chi connectivity index (χ3n) is 3.26. The third-order valence-corrected chi connectivity index (χ3v) is 3.26. The number of aliphatic hydroxyl groups excluding tert-OH is 1. The Balaban J connectivity index is 3.07. The van der Waals surface area contributed by atoms with Crippen LogP contribution in [-0.2, 0) is 0 Å². The number of hydrogen-bond acceptors (Lipinski definition) is 4. The van der Waals surface area contributed by atoms with E-state index in [9.17, 15) is 5.11 Å². The minimum Gasteiger partial charge on any atom is -0.392 e. The molecule has 4 nitrogen and oxygen atoms in total. The van der Waals surface area contributed by atoms with Gasteiger partial charge >= 0.3 is 0 Å². The first-order chi connectivity index (χ1) is 8.66. The van der Waals surface area contributed by atoms with Gasteiger partial charge in [-0.3, -0.25) is 10.4 Å². The summed E-state index contributed by atoms with van der Waals surface area (Å²) in [5.74, 6) is 0. The van der Waals surface area contributed by atoms with Crippen molar-refractivity contribution in [3.8, 4) is 0 Å². The van der Waals surface area contributed by atoms with E-state index in [4.69, 9.17) is 10.4 Å². The van der Waals surface area contributed by atoms with Gasteiger partial charge in [-0.1, -0.05) is 76.4 Å². The molecule has 0 bridgehead atoms. The number of rotatable bonds is 13. The number of unbranched alkanes of at least 4 members (excludes halogenated alkanes) is 9. The second kappa shape index (κ2) is 13.3. The minimum absolute atomic E-state index is 0.0565. The molecule has 0 aromatic rings. The highest BCUT2D eigenvalue weighted by molar-refractivity contribution is 4.56. The lowest BCUT2D eigenvalue weighted by Gasteiger charge is -2.12. The van der Waals surface area contributed by atoms with Crippen molar-refractivity contribution in [2.24, 2.45) is 0 Å². The molecule has 1 unspecified atom stereocenters. The van der Waals surface area contributed by atoms with Crippen LogP contribution in [-0.4, -0.2) is 33.4 Å². The van der Waals surface area contributed by atoms with Crippen LogP contribution in [0.15, 0.2) is 0 Å². The van der Waals surface area contributed by atoms with Crippen LogP contribution in [0, 0.1) is 0 Å².